The minimum absolute atomic E-state index is 0.00238. The van der Waals surface area contributed by atoms with Gasteiger partial charge in [0, 0.05) is 19.0 Å². The van der Waals surface area contributed by atoms with E-state index in [0.717, 1.165) is 19.4 Å². The second kappa shape index (κ2) is 4.55. The Balaban J connectivity index is 2.43. The first kappa shape index (κ1) is 12.5. The zero-order valence-corrected chi connectivity index (χ0v) is 10.6. The van der Waals surface area contributed by atoms with Crippen LogP contribution >= 0.6 is 0 Å². The molecule has 1 fully saturated rings. The SMILES string of the molecule is CC#CCCNC1CC(C)(C)OC1(C)C. The van der Waals surface area contributed by atoms with Gasteiger partial charge in [0.1, 0.15) is 0 Å². The fraction of sp³-hybridized carbons (Fsp3) is 0.846. The second-order valence-electron chi connectivity index (χ2n) is 5.35. The molecule has 1 heterocycles. The van der Waals surface area contributed by atoms with Gasteiger partial charge in [-0.3, -0.25) is 0 Å². The number of nitrogens with one attached hydrogen (secondary N) is 1. The highest BCUT2D eigenvalue weighted by molar-refractivity contribution is 5.00. The van der Waals surface area contributed by atoms with E-state index in [1.54, 1.807) is 0 Å². The lowest BCUT2D eigenvalue weighted by Gasteiger charge is -2.27. The van der Waals surface area contributed by atoms with Crippen LogP contribution in [0.25, 0.3) is 0 Å². The minimum Gasteiger partial charge on any atom is -0.368 e. The lowest BCUT2D eigenvalue weighted by molar-refractivity contribution is -0.0697. The molecule has 0 saturated carbocycles. The molecule has 1 unspecified atom stereocenters. The molecule has 2 heteroatoms. The van der Waals surface area contributed by atoms with Crippen LogP contribution in [0.1, 0.15) is 47.5 Å². The maximum Gasteiger partial charge on any atom is 0.0787 e. The van der Waals surface area contributed by atoms with Gasteiger partial charge in [-0.15, -0.1) is 11.8 Å². The van der Waals surface area contributed by atoms with Crippen molar-refractivity contribution in [2.24, 2.45) is 0 Å². The standard InChI is InChI=1S/C13H23NO/c1-6-7-8-9-14-11-10-12(2,3)15-13(11,4)5/h11,14H,8-10H2,1-5H3. The van der Waals surface area contributed by atoms with Gasteiger partial charge in [-0.25, -0.2) is 0 Å². The summed E-state index contributed by atoms with van der Waals surface area (Å²) in [7, 11) is 0. The van der Waals surface area contributed by atoms with E-state index in [-0.39, 0.29) is 11.2 Å². The first-order chi connectivity index (χ1) is 6.87. The van der Waals surface area contributed by atoms with E-state index in [0.29, 0.717) is 6.04 Å². The van der Waals surface area contributed by atoms with Gasteiger partial charge in [0.2, 0.25) is 0 Å². The third-order valence-corrected chi connectivity index (χ3v) is 2.89. The highest BCUT2D eigenvalue weighted by Crippen LogP contribution is 2.37. The monoisotopic (exact) mass is 209 g/mol. The molecule has 0 aromatic rings. The Bertz CT molecular complexity index is 270. The van der Waals surface area contributed by atoms with Crippen LogP contribution in [-0.2, 0) is 4.74 Å². The maximum absolute atomic E-state index is 6.01. The molecule has 0 spiro atoms. The van der Waals surface area contributed by atoms with Crippen molar-refractivity contribution in [3.8, 4) is 11.8 Å². The van der Waals surface area contributed by atoms with E-state index < -0.39 is 0 Å². The Morgan fingerprint density at radius 1 is 1.33 bits per heavy atom. The van der Waals surface area contributed by atoms with Crippen molar-refractivity contribution in [1.82, 2.24) is 5.32 Å². The molecule has 15 heavy (non-hydrogen) atoms. The lowest BCUT2D eigenvalue weighted by Crippen LogP contribution is -2.43. The molecule has 1 aliphatic heterocycles. The predicted molar refractivity (Wildman–Crippen MR) is 63.7 cm³/mol. The number of rotatable bonds is 3. The van der Waals surface area contributed by atoms with Gasteiger partial charge < -0.3 is 10.1 Å². The van der Waals surface area contributed by atoms with Crippen molar-refractivity contribution >= 4 is 0 Å². The van der Waals surface area contributed by atoms with E-state index >= 15 is 0 Å². The quantitative estimate of drug-likeness (QED) is 0.569. The third-order valence-electron chi connectivity index (χ3n) is 2.89. The summed E-state index contributed by atoms with van der Waals surface area (Å²) in [6.45, 7) is 11.5. The van der Waals surface area contributed by atoms with Gasteiger partial charge in [0.25, 0.3) is 0 Å². The highest BCUT2D eigenvalue weighted by Gasteiger charge is 2.45. The Labute approximate surface area is 93.8 Å². The van der Waals surface area contributed by atoms with Gasteiger partial charge in [-0.2, -0.15) is 0 Å². The van der Waals surface area contributed by atoms with Crippen molar-refractivity contribution in [3.05, 3.63) is 0 Å². The smallest absolute Gasteiger partial charge is 0.0787 e. The maximum atomic E-state index is 6.01. The zero-order chi connectivity index (χ0) is 11.5. The summed E-state index contributed by atoms with van der Waals surface area (Å²) in [6.07, 6.45) is 1.99. The van der Waals surface area contributed by atoms with E-state index in [4.69, 9.17) is 4.74 Å². The fourth-order valence-electron chi connectivity index (χ4n) is 2.31. The summed E-state index contributed by atoms with van der Waals surface area (Å²) in [5.74, 6) is 5.98. The first-order valence-corrected chi connectivity index (χ1v) is 5.70. The molecule has 0 aromatic carbocycles. The largest absolute Gasteiger partial charge is 0.368 e. The third kappa shape index (κ3) is 3.52. The molecule has 2 nitrogen and oxygen atoms in total. The minimum atomic E-state index is -0.0663. The van der Waals surface area contributed by atoms with E-state index in [1.165, 1.54) is 0 Å². The predicted octanol–water partition coefficient (Wildman–Crippen LogP) is 2.34. The topological polar surface area (TPSA) is 21.3 Å². The van der Waals surface area contributed by atoms with Gasteiger partial charge in [0.15, 0.2) is 0 Å². The number of hydrogen-bond donors (Lipinski definition) is 1. The van der Waals surface area contributed by atoms with Crippen molar-refractivity contribution in [2.45, 2.75) is 64.7 Å². The van der Waals surface area contributed by atoms with Crippen LogP contribution in [0.15, 0.2) is 0 Å². The summed E-state index contributed by atoms with van der Waals surface area (Å²) in [5.41, 5.74) is -0.0687. The average Bonchev–Trinajstić information content (AvgIpc) is 2.28. The zero-order valence-electron chi connectivity index (χ0n) is 10.6. The van der Waals surface area contributed by atoms with E-state index in [1.807, 2.05) is 6.92 Å². The van der Waals surface area contributed by atoms with Crippen LogP contribution in [0, 0.1) is 11.8 Å². The molecule has 1 atom stereocenters. The fourth-order valence-corrected chi connectivity index (χ4v) is 2.31. The van der Waals surface area contributed by atoms with Crippen molar-refractivity contribution in [3.63, 3.8) is 0 Å². The summed E-state index contributed by atoms with van der Waals surface area (Å²) in [6, 6.07) is 0.436. The van der Waals surface area contributed by atoms with Crippen LogP contribution in [0.5, 0.6) is 0 Å². The average molecular weight is 209 g/mol. The molecular weight excluding hydrogens is 186 g/mol. The molecule has 0 aliphatic carbocycles. The molecule has 1 aliphatic rings. The summed E-state index contributed by atoms with van der Waals surface area (Å²) < 4.78 is 6.01. The molecule has 0 amide bonds. The summed E-state index contributed by atoms with van der Waals surface area (Å²) in [5, 5.41) is 3.53. The molecule has 0 bridgehead atoms. The van der Waals surface area contributed by atoms with Crippen LogP contribution < -0.4 is 5.32 Å². The van der Waals surface area contributed by atoms with Gasteiger partial charge >= 0.3 is 0 Å². The molecule has 1 rings (SSSR count). The van der Waals surface area contributed by atoms with Crippen molar-refractivity contribution < 1.29 is 4.74 Å². The second-order valence-corrected chi connectivity index (χ2v) is 5.35. The Morgan fingerprint density at radius 2 is 2.00 bits per heavy atom. The van der Waals surface area contributed by atoms with Gasteiger partial charge in [0.05, 0.1) is 11.2 Å². The lowest BCUT2D eigenvalue weighted by atomic mass is 9.94. The number of hydrogen-bond acceptors (Lipinski definition) is 2. The normalized spacial score (nSPS) is 27.1. The molecular formula is C13H23NO. The summed E-state index contributed by atoms with van der Waals surface area (Å²) in [4.78, 5) is 0. The molecule has 1 saturated heterocycles. The molecule has 0 radical (unpaired) electrons. The van der Waals surface area contributed by atoms with Crippen LogP contribution in [0.2, 0.25) is 0 Å². The van der Waals surface area contributed by atoms with E-state index in [9.17, 15) is 0 Å². The number of ether oxygens (including phenoxy) is 1. The Hall–Kier alpha value is -0.520. The Kier molecular flexibility index (Phi) is 3.81. The van der Waals surface area contributed by atoms with Crippen molar-refractivity contribution in [1.29, 1.82) is 0 Å². The van der Waals surface area contributed by atoms with E-state index in [2.05, 4.69) is 44.9 Å². The van der Waals surface area contributed by atoms with Crippen LogP contribution in [0.4, 0.5) is 0 Å². The Morgan fingerprint density at radius 3 is 2.47 bits per heavy atom. The van der Waals surface area contributed by atoms with Crippen LogP contribution in [0.3, 0.4) is 0 Å². The molecule has 86 valence electrons. The first-order valence-electron chi connectivity index (χ1n) is 5.70. The highest BCUT2D eigenvalue weighted by atomic mass is 16.5. The molecule has 0 aromatic heterocycles. The summed E-state index contributed by atoms with van der Waals surface area (Å²) >= 11 is 0. The van der Waals surface area contributed by atoms with Gasteiger partial charge in [-0.05, 0) is 41.0 Å². The van der Waals surface area contributed by atoms with Crippen LogP contribution in [-0.4, -0.2) is 23.8 Å². The van der Waals surface area contributed by atoms with Gasteiger partial charge in [-0.1, -0.05) is 0 Å². The molecule has 1 N–H and O–H groups in total. The van der Waals surface area contributed by atoms with Crippen molar-refractivity contribution in [2.75, 3.05) is 6.54 Å².